The molecule has 2 aromatic rings. The third kappa shape index (κ3) is 4.57. The van der Waals surface area contributed by atoms with E-state index in [0.717, 1.165) is 10.8 Å². The van der Waals surface area contributed by atoms with Crippen molar-refractivity contribution in [2.24, 2.45) is 0 Å². The van der Waals surface area contributed by atoms with Gasteiger partial charge in [0, 0.05) is 10.8 Å². The number of amides is 1. The molecule has 1 aromatic heterocycles. The second-order valence-electron chi connectivity index (χ2n) is 4.29. The predicted molar refractivity (Wildman–Crippen MR) is 89.9 cm³/mol. The van der Waals surface area contributed by atoms with E-state index < -0.39 is 0 Å². The molecule has 1 heterocycles. The Balaban J connectivity index is 2.04. The Morgan fingerprint density at radius 3 is 2.81 bits per heavy atom. The Morgan fingerprint density at radius 1 is 1.38 bits per heavy atom. The van der Waals surface area contributed by atoms with E-state index in [1.807, 2.05) is 0 Å². The van der Waals surface area contributed by atoms with E-state index >= 15 is 0 Å². The van der Waals surface area contributed by atoms with Crippen LogP contribution in [0.15, 0.2) is 22.5 Å². The highest BCUT2D eigenvalue weighted by atomic mass is 35.5. The zero-order valence-corrected chi connectivity index (χ0v) is 14.5. The molecule has 1 amide bonds. The number of halogens is 2. The first-order valence-corrected chi connectivity index (χ1v) is 8.71. The van der Waals surface area contributed by atoms with Crippen molar-refractivity contribution in [3.05, 3.63) is 33.8 Å². The number of nitrogens with zero attached hydrogens (tertiary/aromatic N) is 2. The first-order chi connectivity index (χ1) is 9.99. The van der Waals surface area contributed by atoms with Gasteiger partial charge in [-0.3, -0.25) is 10.1 Å². The van der Waals surface area contributed by atoms with Crippen LogP contribution in [0.25, 0.3) is 0 Å². The number of hydrogen-bond acceptors (Lipinski definition) is 5. The zero-order chi connectivity index (χ0) is 15.4. The summed E-state index contributed by atoms with van der Waals surface area (Å²) >= 11 is 14.7. The highest BCUT2D eigenvalue weighted by Gasteiger charge is 2.13. The summed E-state index contributed by atoms with van der Waals surface area (Å²) in [5, 5.41) is 12.4. The minimum Gasteiger partial charge on any atom is -0.296 e. The fourth-order valence-corrected chi connectivity index (χ4v) is 3.66. The molecule has 0 aliphatic heterocycles. The minimum absolute atomic E-state index is 0.287. The Bertz CT molecular complexity index is 648. The SMILES string of the molecule is CCC(C)Sc1nnc(NC(=O)c2ccc(Cl)c(Cl)c2)s1. The molecule has 21 heavy (non-hydrogen) atoms. The maximum absolute atomic E-state index is 12.1. The number of carbonyl (C=O) groups is 1. The van der Waals surface area contributed by atoms with Crippen LogP contribution in [0, 0.1) is 0 Å². The molecule has 0 saturated heterocycles. The number of anilines is 1. The molecular weight excluding hydrogens is 349 g/mol. The Kier molecular flexibility index (Phi) is 5.87. The van der Waals surface area contributed by atoms with Crippen molar-refractivity contribution in [2.75, 3.05) is 5.32 Å². The first-order valence-electron chi connectivity index (χ1n) is 6.26. The zero-order valence-electron chi connectivity index (χ0n) is 11.4. The van der Waals surface area contributed by atoms with Crippen LogP contribution in [0.5, 0.6) is 0 Å². The van der Waals surface area contributed by atoms with Gasteiger partial charge in [-0.2, -0.15) is 0 Å². The molecule has 112 valence electrons. The molecule has 1 unspecified atom stereocenters. The first kappa shape index (κ1) is 16.5. The van der Waals surface area contributed by atoms with Gasteiger partial charge in [-0.1, -0.05) is 60.1 Å². The van der Waals surface area contributed by atoms with Gasteiger partial charge in [0.2, 0.25) is 5.13 Å². The molecule has 0 fully saturated rings. The quantitative estimate of drug-likeness (QED) is 0.602. The number of nitrogens with one attached hydrogen (secondary N) is 1. The lowest BCUT2D eigenvalue weighted by Gasteiger charge is -2.03. The molecule has 4 nitrogen and oxygen atoms in total. The van der Waals surface area contributed by atoms with E-state index in [1.165, 1.54) is 17.4 Å². The molecule has 0 aliphatic carbocycles. The van der Waals surface area contributed by atoms with Gasteiger partial charge in [0.25, 0.3) is 5.91 Å². The molecule has 0 aliphatic rings. The van der Waals surface area contributed by atoms with E-state index in [2.05, 4.69) is 29.4 Å². The van der Waals surface area contributed by atoms with Crippen LogP contribution in [-0.2, 0) is 0 Å². The van der Waals surface area contributed by atoms with E-state index in [1.54, 1.807) is 23.9 Å². The van der Waals surface area contributed by atoms with Crippen LogP contribution in [0.1, 0.15) is 30.6 Å². The number of thioether (sulfide) groups is 1. The largest absolute Gasteiger partial charge is 0.296 e. The van der Waals surface area contributed by atoms with Gasteiger partial charge >= 0.3 is 0 Å². The van der Waals surface area contributed by atoms with Crippen molar-refractivity contribution >= 4 is 57.3 Å². The van der Waals surface area contributed by atoms with Crippen molar-refractivity contribution in [1.29, 1.82) is 0 Å². The maximum Gasteiger partial charge on any atom is 0.257 e. The number of carbonyl (C=O) groups excluding carboxylic acids is 1. The molecule has 0 spiro atoms. The number of aromatic nitrogens is 2. The lowest BCUT2D eigenvalue weighted by molar-refractivity contribution is 0.102. The summed E-state index contributed by atoms with van der Waals surface area (Å²) < 4.78 is 0.841. The van der Waals surface area contributed by atoms with Crippen molar-refractivity contribution in [3.8, 4) is 0 Å². The Morgan fingerprint density at radius 2 is 2.14 bits per heavy atom. The van der Waals surface area contributed by atoms with Crippen molar-refractivity contribution < 1.29 is 4.79 Å². The van der Waals surface area contributed by atoms with Crippen LogP contribution in [0.4, 0.5) is 5.13 Å². The number of hydrogen-bond donors (Lipinski definition) is 1. The highest BCUT2D eigenvalue weighted by Crippen LogP contribution is 2.30. The second-order valence-corrected chi connectivity index (χ2v) is 7.77. The fraction of sp³-hybridized carbons (Fsp3) is 0.308. The van der Waals surface area contributed by atoms with Crippen molar-refractivity contribution in [3.63, 3.8) is 0 Å². The standard InChI is InChI=1S/C13H13Cl2N3OS2/c1-3-7(2)20-13-18-17-12(21-13)16-11(19)8-4-5-9(14)10(15)6-8/h4-7H,3H2,1-2H3,(H,16,17,19). The normalized spacial score (nSPS) is 12.2. The van der Waals surface area contributed by atoms with Crippen LogP contribution < -0.4 is 5.32 Å². The molecule has 0 radical (unpaired) electrons. The van der Waals surface area contributed by atoms with Crippen LogP contribution in [-0.4, -0.2) is 21.4 Å². The van der Waals surface area contributed by atoms with Gasteiger partial charge in [0.15, 0.2) is 4.34 Å². The van der Waals surface area contributed by atoms with Gasteiger partial charge in [0.05, 0.1) is 10.0 Å². The van der Waals surface area contributed by atoms with E-state index in [0.29, 0.717) is 26.0 Å². The molecular formula is C13H13Cl2N3OS2. The summed E-state index contributed by atoms with van der Waals surface area (Å²) in [5.41, 5.74) is 0.427. The van der Waals surface area contributed by atoms with E-state index in [-0.39, 0.29) is 5.91 Å². The van der Waals surface area contributed by atoms with Gasteiger partial charge in [-0.25, -0.2) is 0 Å². The van der Waals surface area contributed by atoms with Crippen molar-refractivity contribution in [2.45, 2.75) is 29.9 Å². The second kappa shape index (κ2) is 7.45. The van der Waals surface area contributed by atoms with Crippen LogP contribution in [0.3, 0.4) is 0 Å². The van der Waals surface area contributed by atoms with E-state index in [4.69, 9.17) is 23.2 Å². The molecule has 8 heteroatoms. The monoisotopic (exact) mass is 361 g/mol. The maximum atomic E-state index is 12.1. The fourth-order valence-electron chi connectivity index (χ4n) is 1.37. The Hall–Kier alpha value is -0.820. The lowest BCUT2D eigenvalue weighted by Crippen LogP contribution is -2.11. The van der Waals surface area contributed by atoms with Gasteiger partial charge in [-0.05, 0) is 24.6 Å². The predicted octanol–water partition coefficient (Wildman–Crippen LogP) is 4.99. The van der Waals surface area contributed by atoms with Crippen LogP contribution in [0.2, 0.25) is 10.0 Å². The summed E-state index contributed by atoms with van der Waals surface area (Å²) in [6.07, 6.45) is 1.05. The smallest absolute Gasteiger partial charge is 0.257 e. The summed E-state index contributed by atoms with van der Waals surface area (Å²) in [6.45, 7) is 4.24. The summed E-state index contributed by atoms with van der Waals surface area (Å²) in [6, 6.07) is 4.72. The molecule has 2 rings (SSSR count). The number of benzene rings is 1. The van der Waals surface area contributed by atoms with Gasteiger partial charge in [0.1, 0.15) is 0 Å². The third-order valence-corrected chi connectivity index (χ3v) is 5.62. The molecule has 1 N–H and O–H groups in total. The summed E-state index contributed by atoms with van der Waals surface area (Å²) in [4.78, 5) is 12.1. The van der Waals surface area contributed by atoms with Crippen LogP contribution >= 0.6 is 46.3 Å². The van der Waals surface area contributed by atoms with Gasteiger partial charge in [-0.15, -0.1) is 10.2 Å². The average Bonchev–Trinajstić information content (AvgIpc) is 2.88. The van der Waals surface area contributed by atoms with Crippen molar-refractivity contribution in [1.82, 2.24) is 10.2 Å². The van der Waals surface area contributed by atoms with Gasteiger partial charge < -0.3 is 0 Å². The minimum atomic E-state index is -0.287. The van der Waals surface area contributed by atoms with E-state index in [9.17, 15) is 4.79 Å². The molecule has 0 saturated carbocycles. The summed E-state index contributed by atoms with van der Waals surface area (Å²) in [7, 11) is 0. The molecule has 0 bridgehead atoms. The number of rotatable bonds is 5. The highest BCUT2D eigenvalue weighted by molar-refractivity contribution is 8.01. The summed E-state index contributed by atoms with van der Waals surface area (Å²) in [5.74, 6) is -0.287. The lowest BCUT2D eigenvalue weighted by atomic mass is 10.2. The Labute approximate surface area is 141 Å². The average molecular weight is 362 g/mol. The third-order valence-electron chi connectivity index (χ3n) is 2.69. The molecule has 1 atom stereocenters. The topological polar surface area (TPSA) is 54.9 Å². The molecule has 1 aromatic carbocycles.